The van der Waals surface area contributed by atoms with Crippen LogP contribution in [0.3, 0.4) is 0 Å². The number of H-pyrrole nitrogens is 1. The molecule has 0 fully saturated rings. The van der Waals surface area contributed by atoms with E-state index in [4.69, 9.17) is 23.2 Å². The van der Waals surface area contributed by atoms with Crippen LogP contribution < -0.4 is 0 Å². The summed E-state index contributed by atoms with van der Waals surface area (Å²) in [5, 5.41) is -1.48. The number of aryl methyl sites for hydroxylation is 1. The lowest BCUT2D eigenvalue weighted by atomic mass is 9.90. The lowest BCUT2D eigenvalue weighted by molar-refractivity contribution is -0.117. The minimum absolute atomic E-state index is 0.0536. The molecule has 0 aliphatic carbocycles. The summed E-state index contributed by atoms with van der Waals surface area (Å²) in [6.07, 6.45) is 1.68. The standard InChI is InChI=1S/C21H19Cl2NO3S/c1-14-9-11-16(12-10-14)28(26,27)20(19(25)21(22)23)18(17-8-5-13-24-17)15-6-3-2-4-7-15/h2-13,18,20-21,24H,1H3. The first kappa shape index (κ1) is 20.6. The molecule has 0 aliphatic rings. The van der Waals surface area contributed by atoms with Crippen molar-refractivity contribution in [2.24, 2.45) is 0 Å². The van der Waals surface area contributed by atoms with Gasteiger partial charge in [-0.25, -0.2) is 8.42 Å². The molecule has 1 N–H and O–H groups in total. The molecule has 146 valence electrons. The van der Waals surface area contributed by atoms with E-state index in [9.17, 15) is 13.2 Å². The fourth-order valence-corrected chi connectivity index (χ4v) is 5.54. The Hall–Kier alpha value is -2.08. The Morgan fingerprint density at radius 2 is 1.57 bits per heavy atom. The van der Waals surface area contributed by atoms with E-state index in [0.29, 0.717) is 11.3 Å². The van der Waals surface area contributed by atoms with Gasteiger partial charge in [0.15, 0.2) is 20.5 Å². The molecule has 0 aliphatic heterocycles. The number of rotatable bonds is 7. The predicted octanol–water partition coefficient (Wildman–Crippen LogP) is 4.67. The summed E-state index contributed by atoms with van der Waals surface area (Å²) in [5.41, 5.74) is 2.18. The second-order valence-corrected chi connectivity index (χ2v) is 9.66. The number of alkyl halides is 2. The van der Waals surface area contributed by atoms with Crippen LogP contribution in [-0.4, -0.2) is 29.3 Å². The first-order chi connectivity index (χ1) is 13.3. The topological polar surface area (TPSA) is 67.0 Å². The molecule has 0 saturated carbocycles. The number of benzene rings is 2. The van der Waals surface area contributed by atoms with Gasteiger partial charge in [0.05, 0.1) is 4.90 Å². The molecule has 0 amide bonds. The molecule has 3 aromatic rings. The summed E-state index contributed by atoms with van der Waals surface area (Å²) in [7, 11) is -4.07. The van der Waals surface area contributed by atoms with Gasteiger partial charge in [-0.2, -0.15) is 0 Å². The van der Waals surface area contributed by atoms with Gasteiger partial charge in [-0.15, -0.1) is 0 Å². The number of Topliss-reactive ketones (excluding diaryl/α,β-unsaturated/α-hetero) is 1. The van der Waals surface area contributed by atoms with Crippen LogP contribution in [0, 0.1) is 6.92 Å². The van der Waals surface area contributed by atoms with E-state index in [2.05, 4.69) is 4.98 Å². The lowest BCUT2D eigenvalue weighted by Gasteiger charge is -2.26. The smallest absolute Gasteiger partial charge is 0.189 e. The van der Waals surface area contributed by atoms with Gasteiger partial charge in [-0.3, -0.25) is 4.79 Å². The Morgan fingerprint density at radius 1 is 0.929 bits per heavy atom. The molecule has 7 heteroatoms. The summed E-state index contributed by atoms with van der Waals surface area (Å²) >= 11 is 11.8. The molecule has 0 bridgehead atoms. The quantitative estimate of drug-likeness (QED) is 0.548. The summed E-state index contributed by atoms with van der Waals surface area (Å²) in [6, 6.07) is 18.9. The first-order valence-corrected chi connectivity index (χ1v) is 11.0. The van der Waals surface area contributed by atoms with E-state index in [1.54, 1.807) is 54.7 Å². The number of aromatic nitrogens is 1. The van der Waals surface area contributed by atoms with Crippen LogP contribution in [0.1, 0.15) is 22.7 Å². The van der Waals surface area contributed by atoms with E-state index < -0.39 is 31.6 Å². The number of aromatic amines is 1. The van der Waals surface area contributed by atoms with Crippen LogP contribution in [0.25, 0.3) is 0 Å². The molecule has 28 heavy (non-hydrogen) atoms. The van der Waals surface area contributed by atoms with Gasteiger partial charge < -0.3 is 4.98 Å². The van der Waals surface area contributed by atoms with Gasteiger partial charge in [0.1, 0.15) is 5.25 Å². The third kappa shape index (κ3) is 4.17. The Morgan fingerprint density at radius 3 is 2.11 bits per heavy atom. The van der Waals surface area contributed by atoms with Crippen molar-refractivity contribution in [3.05, 3.63) is 89.7 Å². The van der Waals surface area contributed by atoms with E-state index in [1.807, 2.05) is 13.0 Å². The maximum Gasteiger partial charge on any atom is 0.189 e. The fourth-order valence-electron chi connectivity index (χ4n) is 3.21. The lowest BCUT2D eigenvalue weighted by Crippen LogP contribution is -2.40. The Kier molecular flexibility index (Phi) is 6.28. The van der Waals surface area contributed by atoms with Crippen molar-refractivity contribution in [3.63, 3.8) is 0 Å². The van der Waals surface area contributed by atoms with Crippen LogP contribution in [0.15, 0.2) is 77.8 Å². The summed E-state index contributed by atoms with van der Waals surface area (Å²) < 4.78 is 27.1. The number of hydrogen-bond donors (Lipinski definition) is 1. The number of nitrogens with one attached hydrogen (secondary N) is 1. The number of halogens is 2. The number of sulfone groups is 1. The molecule has 1 aromatic heterocycles. The highest BCUT2D eigenvalue weighted by atomic mass is 35.5. The molecule has 4 nitrogen and oxygen atoms in total. The highest BCUT2D eigenvalue weighted by Gasteiger charge is 2.44. The normalized spacial score (nSPS) is 14.0. The largest absolute Gasteiger partial charge is 0.364 e. The van der Waals surface area contributed by atoms with Crippen molar-refractivity contribution >= 4 is 38.8 Å². The highest BCUT2D eigenvalue weighted by Crippen LogP contribution is 2.36. The van der Waals surface area contributed by atoms with Crippen molar-refractivity contribution in [1.82, 2.24) is 4.98 Å². The minimum Gasteiger partial charge on any atom is -0.364 e. The number of carbonyl (C=O) groups excluding carboxylic acids is 1. The molecule has 0 saturated heterocycles. The van der Waals surface area contributed by atoms with Crippen molar-refractivity contribution in [3.8, 4) is 0 Å². The molecule has 2 unspecified atom stereocenters. The van der Waals surface area contributed by atoms with E-state index in [0.717, 1.165) is 5.56 Å². The molecule has 2 atom stereocenters. The van der Waals surface area contributed by atoms with Crippen LogP contribution in [0.2, 0.25) is 0 Å². The Labute approximate surface area is 174 Å². The number of ketones is 1. The average molecular weight is 436 g/mol. The second kappa shape index (κ2) is 8.52. The summed E-state index contributed by atoms with van der Waals surface area (Å²) in [5.74, 6) is -1.54. The Bertz CT molecular complexity index is 1030. The van der Waals surface area contributed by atoms with Gasteiger partial charge in [-0.1, -0.05) is 71.2 Å². The summed E-state index contributed by atoms with van der Waals surface area (Å²) in [6.45, 7) is 1.86. The van der Waals surface area contributed by atoms with E-state index >= 15 is 0 Å². The van der Waals surface area contributed by atoms with Gasteiger partial charge >= 0.3 is 0 Å². The van der Waals surface area contributed by atoms with Crippen molar-refractivity contribution in [2.75, 3.05) is 0 Å². The monoisotopic (exact) mass is 435 g/mol. The third-order valence-electron chi connectivity index (χ3n) is 4.60. The van der Waals surface area contributed by atoms with E-state index in [-0.39, 0.29) is 4.90 Å². The van der Waals surface area contributed by atoms with Crippen molar-refractivity contribution < 1.29 is 13.2 Å². The van der Waals surface area contributed by atoms with Crippen LogP contribution in [-0.2, 0) is 14.6 Å². The van der Waals surface area contributed by atoms with Gasteiger partial charge in [-0.05, 0) is 36.8 Å². The third-order valence-corrected chi connectivity index (χ3v) is 7.13. The van der Waals surface area contributed by atoms with Crippen LogP contribution in [0.4, 0.5) is 0 Å². The zero-order chi connectivity index (χ0) is 20.3. The predicted molar refractivity (Wildman–Crippen MR) is 112 cm³/mol. The molecule has 0 radical (unpaired) electrons. The zero-order valence-corrected chi connectivity index (χ0v) is 17.4. The zero-order valence-electron chi connectivity index (χ0n) is 15.0. The summed E-state index contributed by atoms with van der Waals surface area (Å²) in [4.78, 5) is 14.6. The number of hydrogen-bond acceptors (Lipinski definition) is 3. The number of carbonyl (C=O) groups is 1. The SMILES string of the molecule is Cc1ccc(S(=O)(=O)C(C(=O)C(Cl)Cl)C(c2ccccc2)c2ccc[nH]2)cc1. The highest BCUT2D eigenvalue weighted by molar-refractivity contribution is 7.93. The van der Waals surface area contributed by atoms with Crippen LogP contribution in [0.5, 0.6) is 0 Å². The van der Waals surface area contributed by atoms with Crippen molar-refractivity contribution in [1.29, 1.82) is 0 Å². The molecule has 0 spiro atoms. The molecule has 3 rings (SSSR count). The van der Waals surface area contributed by atoms with Gasteiger partial charge in [0.25, 0.3) is 0 Å². The second-order valence-electron chi connectivity index (χ2n) is 6.50. The first-order valence-electron chi connectivity index (χ1n) is 8.63. The Balaban J connectivity index is 2.23. The molecular weight excluding hydrogens is 417 g/mol. The maximum atomic E-state index is 13.5. The fraction of sp³-hybridized carbons (Fsp3) is 0.190. The molecular formula is C21H19Cl2NO3S. The van der Waals surface area contributed by atoms with Gasteiger partial charge in [0.2, 0.25) is 0 Å². The van der Waals surface area contributed by atoms with Crippen LogP contribution >= 0.6 is 23.2 Å². The molecule has 2 aromatic carbocycles. The van der Waals surface area contributed by atoms with Crippen molar-refractivity contribution in [2.45, 2.75) is 27.8 Å². The maximum absolute atomic E-state index is 13.5. The van der Waals surface area contributed by atoms with E-state index in [1.165, 1.54) is 12.1 Å². The minimum atomic E-state index is -4.07. The molecule has 1 heterocycles. The average Bonchev–Trinajstić information content (AvgIpc) is 3.20. The van der Waals surface area contributed by atoms with Gasteiger partial charge in [0, 0.05) is 17.8 Å².